The third-order valence-electron chi connectivity index (χ3n) is 4.29. The van der Waals surface area contributed by atoms with Crippen molar-refractivity contribution in [3.8, 4) is 0 Å². The second-order valence-corrected chi connectivity index (χ2v) is 6.87. The number of furan rings is 1. The fourth-order valence-corrected chi connectivity index (χ4v) is 3.79. The number of hydrogen-bond acceptors (Lipinski definition) is 4. The maximum absolute atomic E-state index is 12.1. The molecular weight excluding hydrogens is 310 g/mol. The first kappa shape index (κ1) is 16.1. The number of urea groups is 1. The van der Waals surface area contributed by atoms with Crippen molar-refractivity contribution in [3.63, 3.8) is 0 Å². The van der Waals surface area contributed by atoms with Gasteiger partial charge in [-0.15, -0.1) is 11.3 Å². The third kappa shape index (κ3) is 4.14. The fourth-order valence-electron chi connectivity index (χ4n) is 2.94. The van der Waals surface area contributed by atoms with Crippen LogP contribution in [0.2, 0.25) is 0 Å². The lowest BCUT2D eigenvalue weighted by atomic mass is 10.2. The Bertz CT molecular complexity index is 618. The number of thiophene rings is 1. The van der Waals surface area contributed by atoms with Gasteiger partial charge in [0.2, 0.25) is 0 Å². The van der Waals surface area contributed by atoms with Crippen LogP contribution < -0.4 is 10.6 Å². The highest BCUT2D eigenvalue weighted by Crippen LogP contribution is 2.24. The minimum absolute atomic E-state index is 0.113. The molecule has 1 aliphatic rings. The lowest BCUT2D eigenvalue weighted by Gasteiger charge is -2.26. The number of nitrogens with zero attached hydrogens (tertiary/aromatic N) is 1. The van der Waals surface area contributed by atoms with Crippen LogP contribution in [0.15, 0.2) is 34.3 Å². The summed E-state index contributed by atoms with van der Waals surface area (Å²) in [5.74, 6) is 0.918. The molecular formula is C17H23N3O2S. The molecule has 0 aromatic carbocycles. The summed E-state index contributed by atoms with van der Waals surface area (Å²) in [5.41, 5.74) is 1.22. The summed E-state index contributed by atoms with van der Waals surface area (Å²) in [4.78, 5) is 15.6. The second kappa shape index (κ2) is 7.66. The molecule has 1 fully saturated rings. The minimum Gasteiger partial charge on any atom is -0.468 e. The van der Waals surface area contributed by atoms with Gasteiger partial charge < -0.3 is 15.1 Å². The maximum Gasteiger partial charge on any atom is 0.315 e. The molecule has 0 aliphatic carbocycles. The molecule has 1 aliphatic heterocycles. The molecule has 0 saturated carbocycles. The number of carbonyl (C=O) groups is 1. The highest BCUT2D eigenvalue weighted by atomic mass is 32.1. The van der Waals surface area contributed by atoms with Crippen LogP contribution in [0, 0.1) is 6.92 Å². The number of nitrogens with one attached hydrogen (secondary N) is 2. The lowest BCUT2D eigenvalue weighted by molar-refractivity contribution is 0.203. The molecule has 124 valence electrons. The number of carbonyl (C=O) groups excluding carboxylic acids is 1. The summed E-state index contributed by atoms with van der Waals surface area (Å²) >= 11 is 1.67. The zero-order valence-electron chi connectivity index (χ0n) is 13.4. The van der Waals surface area contributed by atoms with Crippen LogP contribution in [-0.4, -0.2) is 30.6 Å². The molecule has 0 radical (unpaired) electrons. The van der Waals surface area contributed by atoms with Crippen molar-refractivity contribution >= 4 is 17.4 Å². The monoisotopic (exact) mass is 333 g/mol. The summed E-state index contributed by atoms with van der Waals surface area (Å²) in [6.07, 6.45) is 4.11. The van der Waals surface area contributed by atoms with E-state index < -0.39 is 0 Å². The van der Waals surface area contributed by atoms with Gasteiger partial charge in [-0.3, -0.25) is 4.90 Å². The zero-order valence-corrected chi connectivity index (χ0v) is 14.2. The highest BCUT2D eigenvalue weighted by Gasteiger charge is 2.25. The molecule has 23 heavy (non-hydrogen) atoms. The molecule has 0 unspecified atom stereocenters. The molecule has 1 atom stereocenters. The van der Waals surface area contributed by atoms with Gasteiger partial charge in [0, 0.05) is 11.4 Å². The predicted octanol–water partition coefficient (Wildman–Crippen LogP) is 3.29. The first-order valence-corrected chi connectivity index (χ1v) is 8.94. The van der Waals surface area contributed by atoms with Gasteiger partial charge in [0.25, 0.3) is 0 Å². The maximum atomic E-state index is 12.1. The lowest BCUT2D eigenvalue weighted by Crippen LogP contribution is -2.41. The second-order valence-electron chi connectivity index (χ2n) is 5.86. The molecule has 2 N–H and O–H groups in total. The van der Waals surface area contributed by atoms with E-state index in [-0.39, 0.29) is 12.1 Å². The van der Waals surface area contributed by atoms with Crippen molar-refractivity contribution in [2.75, 3.05) is 19.6 Å². The number of amides is 2. The Hall–Kier alpha value is -1.79. The summed E-state index contributed by atoms with van der Waals surface area (Å²) < 4.78 is 5.56. The van der Waals surface area contributed by atoms with E-state index in [9.17, 15) is 4.79 Å². The first-order chi connectivity index (χ1) is 11.2. The van der Waals surface area contributed by atoms with E-state index in [1.165, 1.54) is 23.3 Å². The van der Waals surface area contributed by atoms with E-state index in [1.807, 2.05) is 17.5 Å². The SMILES string of the molecule is Cc1ccsc1CNC(=O)NC[C@H](c1ccco1)N1CCCC1. The summed E-state index contributed by atoms with van der Waals surface area (Å²) in [6.45, 7) is 5.31. The van der Waals surface area contributed by atoms with E-state index in [0.29, 0.717) is 13.1 Å². The van der Waals surface area contributed by atoms with E-state index in [2.05, 4.69) is 28.5 Å². The standard InChI is InChI=1S/C17H23N3O2S/c1-13-6-10-23-16(13)12-19-17(21)18-11-14(15-5-4-9-22-15)20-7-2-3-8-20/h4-6,9-10,14H,2-3,7-8,11-12H2,1H3,(H2,18,19,21)/t14-/m1/s1. The summed E-state index contributed by atoms with van der Waals surface area (Å²) in [5, 5.41) is 7.96. The number of rotatable bonds is 6. The molecule has 1 saturated heterocycles. The van der Waals surface area contributed by atoms with Crippen molar-refractivity contribution in [3.05, 3.63) is 46.0 Å². The van der Waals surface area contributed by atoms with E-state index in [0.717, 1.165) is 18.8 Å². The van der Waals surface area contributed by atoms with Gasteiger partial charge in [0.05, 0.1) is 18.8 Å². The van der Waals surface area contributed by atoms with Crippen molar-refractivity contribution in [1.82, 2.24) is 15.5 Å². The predicted molar refractivity (Wildman–Crippen MR) is 91.6 cm³/mol. The molecule has 2 amide bonds. The topological polar surface area (TPSA) is 57.5 Å². The third-order valence-corrected chi connectivity index (χ3v) is 5.31. The van der Waals surface area contributed by atoms with E-state index >= 15 is 0 Å². The molecule has 0 spiro atoms. The zero-order chi connectivity index (χ0) is 16.1. The van der Waals surface area contributed by atoms with Gasteiger partial charge in [-0.25, -0.2) is 4.79 Å². The van der Waals surface area contributed by atoms with Gasteiger partial charge in [0.1, 0.15) is 5.76 Å². The number of hydrogen-bond donors (Lipinski definition) is 2. The average Bonchev–Trinajstić information content (AvgIpc) is 3.29. The molecule has 5 nitrogen and oxygen atoms in total. The van der Waals surface area contributed by atoms with Gasteiger partial charge in [0.15, 0.2) is 0 Å². The van der Waals surface area contributed by atoms with Crippen molar-refractivity contribution in [1.29, 1.82) is 0 Å². The fraction of sp³-hybridized carbons (Fsp3) is 0.471. The van der Waals surface area contributed by atoms with Gasteiger partial charge in [-0.2, -0.15) is 0 Å². The van der Waals surface area contributed by atoms with Crippen LogP contribution in [0.1, 0.15) is 35.1 Å². The molecule has 2 aromatic heterocycles. The summed E-state index contributed by atoms with van der Waals surface area (Å²) in [7, 11) is 0. The van der Waals surface area contributed by atoms with Crippen molar-refractivity contribution in [2.24, 2.45) is 0 Å². The number of aryl methyl sites for hydroxylation is 1. The molecule has 6 heteroatoms. The van der Waals surface area contributed by atoms with Crippen molar-refractivity contribution in [2.45, 2.75) is 32.4 Å². The average molecular weight is 333 g/mol. The van der Waals surface area contributed by atoms with E-state index in [1.54, 1.807) is 17.6 Å². The normalized spacial score (nSPS) is 16.4. The Balaban J connectivity index is 1.52. The Kier molecular flexibility index (Phi) is 5.35. The largest absolute Gasteiger partial charge is 0.468 e. The highest BCUT2D eigenvalue weighted by molar-refractivity contribution is 7.10. The van der Waals surface area contributed by atoms with Crippen LogP contribution in [0.5, 0.6) is 0 Å². The van der Waals surface area contributed by atoms with Crippen LogP contribution in [0.25, 0.3) is 0 Å². The Morgan fingerprint density at radius 3 is 2.83 bits per heavy atom. The minimum atomic E-state index is -0.131. The Morgan fingerprint density at radius 1 is 1.35 bits per heavy atom. The smallest absolute Gasteiger partial charge is 0.315 e. The number of likely N-dealkylation sites (tertiary alicyclic amines) is 1. The molecule has 3 heterocycles. The molecule has 3 rings (SSSR count). The van der Waals surface area contributed by atoms with Crippen molar-refractivity contribution < 1.29 is 9.21 Å². The van der Waals surface area contributed by atoms with Crippen LogP contribution in [-0.2, 0) is 6.54 Å². The van der Waals surface area contributed by atoms with Crippen LogP contribution in [0.3, 0.4) is 0 Å². The van der Waals surface area contributed by atoms with Gasteiger partial charge in [-0.05, 0) is 62.0 Å². The van der Waals surface area contributed by atoms with E-state index in [4.69, 9.17) is 4.42 Å². The van der Waals surface area contributed by atoms with Crippen LogP contribution in [0.4, 0.5) is 4.79 Å². The Labute approximate surface area is 140 Å². The quantitative estimate of drug-likeness (QED) is 0.853. The van der Waals surface area contributed by atoms with Gasteiger partial charge in [-0.1, -0.05) is 0 Å². The molecule has 2 aromatic rings. The van der Waals surface area contributed by atoms with Gasteiger partial charge >= 0.3 is 6.03 Å². The summed E-state index contributed by atoms with van der Waals surface area (Å²) in [6, 6.07) is 5.94. The molecule has 0 bridgehead atoms. The Morgan fingerprint density at radius 2 is 2.17 bits per heavy atom. The van der Waals surface area contributed by atoms with Crippen LogP contribution >= 0.6 is 11.3 Å². The first-order valence-electron chi connectivity index (χ1n) is 8.06.